The average molecular weight is 496 g/mol. The Balaban J connectivity index is 1.80. The summed E-state index contributed by atoms with van der Waals surface area (Å²) in [6.45, 7) is 18.2. The van der Waals surface area contributed by atoms with E-state index in [1.165, 1.54) is 0 Å². The van der Waals surface area contributed by atoms with Gasteiger partial charge in [-0.15, -0.1) is 0 Å². The lowest BCUT2D eigenvalue weighted by Crippen LogP contribution is -2.65. The predicted molar refractivity (Wildman–Crippen MR) is 132 cm³/mol. The van der Waals surface area contributed by atoms with Gasteiger partial charge in [-0.25, -0.2) is 4.79 Å². The molecule has 3 aliphatic rings. The molecule has 0 bridgehead atoms. The Morgan fingerprint density at radius 2 is 1.61 bits per heavy atom. The third-order valence-corrected chi connectivity index (χ3v) is 18.2. The van der Waals surface area contributed by atoms with Crippen LogP contribution in [0.5, 0.6) is 0 Å². The fourth-order valence-corrected chi connectivity index (χ4v) is 17.2. The summed E-state index contributed by atoms with van der Waals surface area (Å²) in [4.78, 5) is 16.7. The lowest BCUT2D eigenvalue weighted by atomic mass is 9.96. The van der Waals surface area contributed by atoms with E-state index in [9.17, 15) is 4.79 Å². The molecule has 1 spiro atoms. The van der Waals surface area contributed by atoms with Crippen LogP contribution in [0.3, 0.4) is 0 Å². The lowest BCUT2D eigenvalue weighted by Gasteiger charge is -2.51. The zero-order chi connectivity index (χ0) is 24.3. The van der Waals surface area contributed by atoms with Gasteiger partial charge < -0.3 is 23.4 Å². The van der Waals surface area contributed by atoms with Crippen molar-refractivity contribution in [3.05, 3.63) is 22.7 Å². The maximum Gasteiger partial charge on any atom is 0.351 e. The minimum absolute atomic E-state index is 0.172. The molecule has 3 atom stereocenters. The maximum atomic E-state index is 12.7. The topological polar surface area (TPSA) is 97.8 Å². The standard InChI is InChI=1S/C23H41N3O5Si2/c1-14(2)32(15(3)4)28-13-18-20(30-33(31-32,16(5)6)17(7)8)23(10-11-23)21(29-18)26-12-9-19(24)25-22(26)27/h9,12,14-18,20-21H,10-11,13H2,1-8H3,(H2,24,25,27)/t18-,20-,21-/m1/s1. The Bertz CT molecular complexity index is 915. The number of nitrogens with zero attached hydrogens (tertiary/aromatic N) is 2. The van der Waals surface area contributed by atoms with Crippen molar-refractivity contribution in [1.82, 2.24) is 9.55 Å². The molecule has 0 aromatic carbocycles. The van der Waals surface area contributed by atoms with Gasteiger partial charge in [0.25, 0.3) is 0 Å². The zero-order valence-electron chi connectivity index (χ0n) is 21.3. The highest BCUT2D eigenvalue weighted by molar-refractivity contribution is 6.84. The van der Waals surface area contributed by atoms with E-state index in [4.69, 9.17) is 23.4 Å². The molecule has 33 heavy (non-hydrogen) atoms. The molecule has 2 saturated heterocycles. The Morgan fingerprint density at radius 1 is 1.03 bits per heavy atom. The number of nitrogens with two attached hydrogens (primary N) is 1. The third-order valence-electron chi connectivity index (χ3n) is 7.95. The highest BCUT2D eigenvalue weighted by atomic mass is 28.5. The van der Waals surface area contributed by atoms with E-state index >= 15 is 0 Å². The van der Waals surface area contributed by atoms with Crippen LogP contribution in [0.4, 0.5) is 5.82 Å². The van der Waals surface area contributed by atoms with Gasteiger partial charge in [0, 0.05) is 11.6 Å². The highest BCUT2D eigenvalue weighted by Crippen LogP contribution is 2.65. The van der Waals surface area contributed by atoms with Crippen LogP contribution in [0.15, 0.2) is 17.1 Å². The Kier molecular flexibility index (Phi) is 6.50. The summed E-state index contributed by atoms with van der Waals surface area (Å²) in [7, 11) is -5.36. The summed E-state index contributed by atoms with van der Waals surface area (Å²) in [6.07, 6.45) is 2.72. The van der Waals surface area contributed by atoms with Crippen molar-refractivity contribution in [2.75, 3.05) is 12.3 Å². The largest absolute Gasteiger partial charge is 0.414 e. The molecule has 1 aliphatic carbocycles. The van der Waals surface area contributed by atoms with Crippen molar-refractivity contribution < 1.29 is 17.7 Å². The molecule has 8 nitrogen and oxygen atoms in total. The molecule has 2 aliphatic heterocycles. The molecule has 1 saturated carbocycles. The van der Waals surface area contributed by atoms with Crippen LogP contribution in [-0.4, -0.2) is 45.5 Å². The average Bonchev–Trinajstić information content (AvgIpc) is 3.43. The van der Waals surface area contributed by atoms with Crippen LogP contribution in [0, 0.1) is 5.41 Å². The number of nitrogen functional groups attached to an aromatic ring is 1. The lowest BCUT2D eigenvalue weighted by molar-refractivity contribution is -0.0577. The number of anilines is 1. The van der Waals surface area contributed by atoms with Crippen LogP contribution in [0.1, 0.15) is 74.5 Å². The van der Waals surface area contributed by atoms with E-state index in [-0.39, 0.29) is 51.3 Å². The molecule has 1 aromatic rings. The first-order valence-corrected chi connectivity index (χ1v) is 16.4. The molecule has 3 fully saturated rings. The van der Waals surface area contributed by atoms with Gasteiger partial charge in [-0.05, 0) is 41.1 Å². The number of aromatic nitrogens is 2. The number of hydrogen-bond donors (Lipinski definition) is 1. The van der Waals surface area contributed by atoms with Crippen LogP contribution in [0.25, 0.3) is 0 Å². The van der Waals surface area contributed by atoms with E-state index in [0.29, 0.717) is 6.61 Å². The molecular weight excluding hydrogens is 454 g/mol. The van der Waals surface area contributed by atoms with Crippen molar-refractivity contribution in [1.29, 1.82) is 0 Å². The molecule has 0 unspecified atom stereocenters. The summed E-state index contributed by atoms with van der Waals surface area (Å²) in [6, 6.07) is 1.65. The van der Waals surface area contributed by atoms with E-state index in [1.807, 2.05) is 0 Å². The summed E-state index contributed by atoms with van der Waals surface area (Å²) in [5.74, 6) is 0.216. The molecule has 2 N–H and O–H groups in total. The molecule has 4 rings (SSSR count). The maximum absolute atomic E-state index is 12.7. The third kappa shape index (κ3) is 3.86. The van der Waals surface area contributed by atoms with Gasteiger partial charge in [0.1, 0.15) is 18.1 Å². The minimum Gasteiger partial charge on any atom is -0.414 e. The number of rotatable bonds is 5. The van der Waals surface area contributed by atoms with Gasteiger partial charge in [0.15, 0.2) is 0 Å². The number of hydrogen-bond acceptors (Lipinski definition) is 7. The monoisotopic (exact) mass is 495 g/mol. The van der Waals surface area contributed by atoms with Crippen LogP contribution in [0.2, 0.25) is 22.2 Å². The zero-order valence-corrected chi connectivity index (χ0v) is 23.3. The Morgan fingerprint density at radius 3 is 2.09 bits per heavy atom. The van der Waals surface area contributed by atoms with Crippen molar-refractivity contribution in [3.8, 4) is 0 Å². The van der Waals surface area contributed by atoms with E-state index in [2.05, 4.69) is 60.4 Å². The second kappa shape index (κ2) is 8.56. The van der Waals surface area contributed by atoms with Crippen LogP contribution in [-0.2, 0) is 17.7 Å². The Hall–Kier alpha value is -1.05. The first-order chi connectivity index (χ1) is 15.4. The molecule has 186 valence electrons. The number of ether oxygens (including phenoxy) is 1. The van der Waals surface area contributed by atoms with Crippen molar-refractivity contribution in [3.63, 3.8) is 0 Å². The van der Waals surface area contributed by atoms with Crippen LogP contribution >= 0.6 is 0 Å². The van der Waals surface area contributed by atoms with Gasteiger partial charge in [0.2, 0.25) is 0 Å². The van der Waals surface area contributed by atoms with Gasteiger partial charge >= 0.3 is 22.8 Å². The number of fused-ring (bicyclic) bond motifs is 2. The molecule has 3 heterocycles. The van der Waals surface area contributed by atoms with Gasteiger partial charge in [-0.3, -0.25) is 4.57 Å². The van der Waals surface area contributed by atoms with E-state index in [1.54, 1.807) is 16.8 Å². The fourth-order valence-electron chi connectivity index (χ4n) is 5.95. The highest BCUT2D eigenvalue weighted by Gasteiger charge is 2.69. The Labute approximate surface area is 199 Å². The summed E-state index contributed by atoms with van der Waals surface area (Å²) >= 11 is 0. The van der Waals surface area contributed by atoms with Gasteiger partial charge in [-0.1, -0.05) is 55.4 Å². The SMILES string of the molecule is CC(C)[Si]1(C(C)C)OC[C@H]2O[C@@H](n3ccc(N)nc3=O)C3(CC3)[C@@H]2O[Si](C(C)C)(C(C)C)O1. The summed E-state index contributed by atoms with van der Waals surface area (Å²) in [5.41, 5.74) is 6.14. The van der Waals surface area contributed by atoms with Gasteiger partial charge in [0.05, 0.1) is 12.7 Å². The van der Waals surface area contributed by atoms with Gasteiger partial charge in [-0.2, -0.15) is 4.98 Å². The summed E-state index contributed by atoms with van der Waals surface area (Å²) < 4.78 is 29.6. The predicted octanol–water partition coefficient (Wildman–Crippen LogP) is 4.46. The molecular formula is C23H41N3O5Si2. The molecule has 10 heteroatoms. The fraction of sp³-hybridized carbons (Fsp3) is 0.826. The molecule has 1 aromatic heterocycles. The normalized spacial score (nSPS) is 30.1. The summed E-state index contributed by atoms with van der Waals surface area (Å²) in [5, 5.41) is 0. The first-order valence-electron chi connectivity index (χ1n) is 12.4. The van der Waals surface area contributed by atoms with Crippen molar-refractivity contribution in [2.24, 2.45) is 5.41 Å². The quantitative estimate of drug-likeness (QED) is 0.602. The van der Waals surface area contributed by atoms with E-state index in [0.717, 1.165) is 12.8 Å². The second-order valence-electron chi connectivity index (χ2n) is 11.3. The smallest absolute Gasteiger partial charge is 0.351 e. The second-order valence-corrected chi connectivity index (χ2v) is 20.2. The minimum atomic E-state index is -2.73. The van der Waals surface area contributed by atoms with Crippen molar-refractivity contribution >= 4 is 22.9 Å². The molecule has 0 radical (unpaired) electrons. The molecule has 0 amide bonds. The first kappa shape index (κ1) is 25.1. The van der Waals surface area contributed by atoms with Crippen LogP contribution < -0.4 is 11.4 Å². The van der Waals surface area contributed by atoms with E-state index < -0.39 is 23.3 Å². The van der Waals surface area contributed by atoms with Crippen molar-refractivity contribution in [2.45, 2.75) is 109 Å².